The molecule has 1 aromatic heterocycles. The maximum atomic E-state index is 4.28. The molecule has 0 aliphatic carbocycles. The maximum Gasteiger partial charge on any atom is 0.0300 e. The third-order valence-corrected chi connectivity index (χ3v) is 3.12. The largest absolute Gasteiger partial charge is 0.264 e. The molecule has 1 unspecified atom stereocenters. The summed E-state index contributed by atoms with van der Waals surface area (Å²) < 4.78 is 0. The summed E-state index contributed by atoms with van der Waals surface area (Å²) in [5.41, 5.74) is 2.69. The molecule has 1 aromatic rings. The van der Waals surface area contributed by atoms with Crippen LogP contribution >= 0.6 is 0 Å². The topological polar surface area (TPSA) is 12.9 Å². The van der Waals surface area contributed by atoms with E-state index in [0.29, 0.717) is 0 Å². The molecule has 0 fully saturated rings. The van der Waals surface area contributed by atoms with Crippen molar-refractivity contribution in [3.8, 4) is 0 Å². The number of aromatic nitrogens is 1. The third-order valence-electron chi connectivity index (χ3n) is 3.12. The van der Waals surface area contributed by atoms with Crippen LogP contribution in [-0.2, 0) is 6.42 Å². The highest BCUT2D eigenvalue weighted by molar-refractivity contribution is 5.17. The van der Waals surface area contributed by atoms with E-state index in [0.717, 1.165) is 5.92 Å². The quantitative estimate of drug-likeness (QED) is 0.656. The van der Waals surface area contributed by atoms with Gasteiger partial charge in [0.2, 0.25) is 0 Å². The van der Waals surface area contributed by atoms with Crippen LogP contribution in [0.1, 0.15) is 57.1 Å². The summed E-state index contributed by atoms with van der Waals surface area (Å²) in [4.78, 5) is 4.28. The molecule has 90 valence electrons. The lowest BCUT2D eigenvalue weighted by molar-refractivity contribution is 0.426. The molecule has 1 nitrogen and oxygen atoms in total. The first kappa shape index (κ1) is 13.2. The van der Waals surface area contributed by atoms with Gasteiger partial charge < -0.3 is 0 Å². The summed E-state index contributed by atoms with van der Waals surface area (Å²) in [6.07, 6.45) is 11.9. The van der Waals surface area contributed by atoms with Crippen molar-refractivity contribution in [3.63, 3.8) is 0 Å². The Morgan fingerprint density at radius 1 is 1.12 bits per heavy atom. The van der Waals surface area contributed by atoms with E-state index in [1.807, 2.05) is 12.4 Å². The highest BCUT2D eigenvalue weighted by Gasteiger charge is 2.08. The van der Waals surface area contributed by atoms with Gasteiger partial charge in [0.15, 0.2) is 0 Å². The second-order valence-electron chi connectivity index (χ2n) is 4.87. The Morgan fingerprint density at radius 3 is 2.56 bits per heavy atom. The van der Waals surface area contributed by atoms with Crippen LogP contribution in [0.15, 0.2) is 18.5 Å². The van der Waals surface area contributed by atoms with Crippen molar-refractivity contribution in [1.82, 2.24) is 4.98 Å². The van der Waals surface area contributed by atoms with Gasteiger partial charge in [-0.2, -0.15) is 0 Å². The Morgan fingerprint density at radius 2 is 1.94 bits per heavy atom. The van der Waals surface area contributed by atoms with E-state index in [4.69, 9.17) is 0 Å². The zero-order valence-electron chi connectivity index (χ0n) is 11.0. The molecule has 16 heavy (non-hydrogen) atoms. The summed E-state index contributed by atoms with van der Waals surface area (Å²) in [5.74, 6) is 0.855. The van der Waals surface area contributed by atoms with Gasteiger partial charge in [-0.25, -0.2) is 0 Å². The molecular weight excluding hydrogens is 194 g/mol. The Labute approximate surface area is 100 Å². The Balaban J connectivity index is 2.52. The van der Waals surface area contributed by atoms with Gasteiger partial charge in [-0.3, -0.25) is 4.98 Å². The first-order valence-corrected chi connectivity index (χ1v) is 6.66. The molecule has 1 atom stereocenters. The molecule has 0 bridgehead atoms. The van der Waals surface area contributed by atoms with Crippen molar-refractivity contribution < 1.29 is 0 Å². The summed E-state index contributed by atoms with van der Waals surface area (Å²) in [7, 11) is 0. The summed E-state index contributed by atoms with van der Waals surface area (Å²) >= 11 is 0. The van der Waals surface area contributed by atoms with Crippen LogP contribution in [0.5, 0.6) is 0 Å². The molecule has 1 heteroatoms. The van der Waals surface area contributed by atoms with Gasteiger partial charge in [0, 0.05) is 12.4 Å². The molecule has 0 saturated carbocycles. The highest BCUT2D eigenvalue weighted by atomic mass is 14.6. The summed E-state index contributed by atoms with van der Waals surface area (Å²) in [6, 6.07) is 2.28. The number of rotatable bonds is 7. The minimum absolute atomic E-state index is 0.855. The Hall–Kier alpha value is -0.850. The average molecular weight is 219 g/mol. The van der Waals surface area contributed by atoms with Crippen molar-refractivity contribution in [2.24, 2.45) is 5.92 Å². The molecule has 0 aliphatic rings. The second-order valence-corrected chi connectivity index (χ2v) is 4.87. The van der Waals surface area contributed by atoms with E-state index in [1.54, 1.807) is 0 Å². The van der Waals surface area contributed by atoms with Crippen LogP contribution in [0.3, 0.4) is 0 Å². The predicted molar refractivity (Wildman–Crippen MR) is 70.6 cm³/mol. The van der Waals surface area contributed by atoms with Gasteiger partial charge in [-0.05, 0) is 30.4 Å². The first-order valence-electron chi connectivity index (χ1n) is 6.66. The minimum atomic E-state index is 0.855. The van der Waals surface area contributed by atoms with Crippen LogP contribution in [0.4, 0.5) is 0 Å². The van der Waals surface area contributed by atoms with Gasteiger partial charge in [0.25, 0.3) is 0 Å². The molecule has 0 radical (unpaired) electrons. The fourth-order valence-electron chi connectivity index (χ4n) is 2.31. The van der Waals surface area contributed by atoms with E-state index < -0.39 is 0 Å². The molecule has 0 spiro atoms. The lowest BCUT2D eigenvalue weighted by atomic mass is 9.91. The fourth-order valence-corrected chi connectivity index (χ4v) is 2.31. The second kappa shape index (κ2) is 7.43. The van der Waals surface area contributed by atoms with E-state index in [9.17, 15) is 0 Å². The normalized spacial score (nSPS) is 12.7. The summed E-state index contributed by atoms with van der Waals surface area (Å²) in [5, 5.41) is 0. The van der Waals surface area contributed by atoms with Crippen molar-refractivity contribution in [2.75, 3.05) is 0 Å². The van der Waals surface area contributed by atoms with Crippen LogP contribution in [0, 0.1) is 12.8 Å². The van der Waals surface area contributed by atoms with Crippen molar-refractivity contribution in [1.29, 1.82) is 0 Å². The fraction of sp³-hybridized carbons (Fsp3) is 0.667. The average Bonchev–Trinajstić information content (AvgIpc) is 2.26. The molecule has 0 aromatic carbocycles. The molecular formula is C15H25N. The van der Waals surface area contributed by atoms with Crippen LogP contribution in [0.25, 0.3) is 0 Å². The Kier molecular flexibility index (Phi) is 6.14. The summed E-state index contributed by atoms with van der Waals surface area (Å²) in [6.45, 7) is 6.68. The number of hydrogen-bond donors (Lipinski definition) is 0. The van der Waals surface area contributed by atoms with Gasteiger partial charge in [0.1, 0.15) is 0 Å². The van der Waals surface area contributed by atoms with Gasteiger partial charge >= 0.3 is 0 Å². The predicted octanol–water partition coefficient (Wildman–Crippen LogP) is 4.54. The number of unbranched alkanes of at least 4 members (excludes halogenated alkanes) is 1. The van der Waals surface area contributed by atoms with Crippen molar-refractivity contribution >= 4 is 0 Å². The molecule has 1 rings (SSSR count). The van der Waals surface area contributed by atoms with E-state index in [2.05, 4.69) is 31.8 Å². The lowest BCUT2D eigenvalue weighted by Crippen LogP contribution is -2.05. The number of nitrogens with zero attached hydrogens (tertiary/aromatic N) is 1. The number of hydrogen-bond acceptors (Lipinski definition) is 1. The molecule has 0 N–H and O–H groups in total. The Bertz CT molecular complexity index is 293. The van der Waals surface area contributed by atoms with Gasteiger partial charge in [0.05, 0.1) is 0 Å². The van der Waals surface area contributed by atoms with E-state index in [1.165, 1.54) is 49.7 Å². The third kappa shape index (κ3) is 4.78. The number of aryl methyl sites for hydroxylation is 1. The molecule has 0 saturated heterocycles. The molecule has 0 aliphatic heterocycles. The van der Waals surface area contributed by atoms with Crippen LogP contribution in [0.2, 0.25) is 0 Å². The monoisotopic (exact) mass is 219 g/mol. The molecule has 1 heterocycles. The van der Waals surface area contributed by atoms with Crippen LogP contribution in [-0.4, -0.2) is 4.98 Å². The van der Waals surface area contributed by atoms with Crippen LogP contribution < -0.4 is 0 Å². The standard InChI is InChI=1S/C15H25N/c1-4-6-8-14(7-5-2)10-15-9-13(3)11-16-12-15/h9,11-12,14H,4-8,10H2,1-3H3. The first-order chi connectivity index (χ1) is 7.76. The van der Waals surface area contributed by atoms with E-state index in [-0.39, 0.29) is 0 Å². The van der Waals surface area contributed by atoms with Gasteiger partial charge in [-0.1, -0.05) is 52.0 Å². The zero-order chi connectivity index (χ0) is 11.8. The van der Waals surface area contributed by atoms with Gasteiger partial charge in [-0.15, -0.1) is 0 Å². The highest BCUT2D eigenvalue weighted by Crippen LogP contribution is 2.20. The number of pyridine rings is 1. The maximum absolute atomic E-state index is 4.28. The van der Waals surface area contributed by atoms with Crippen molar-refractivity contribution in [3.05, 3.63) is 29.6 Å². The molecule has 0 amide bonds. The SMILES string of the molecule is CCCCC(CCC)Cc1cncc(C)c1. The smallest absolute Gasteiger partial charge is 0.0300 e. The lowest BCUT2D eigenvalue weighted by Gasteiger charge is -2.15. The van der Waals surface area contributed by atoms with Crippen molar-refractivity contribution in [2.45, 2.75) is 59.3 Å². The van der Waals surface area contributed by atoms with E-state index >= 15 is 0 Å². The minimum Gasteiger partial charge on any atom is -0.264 e. The zero-order valence-corrected chi connectivity index (χ0v) is 11.0.